The number of hydrogen-bond donors (Lipinski definition) is 2. The SMILES string of the molecule is COc1cccc2c1CC[C@H]2Nc1nccc2cc(-c3c4c(nc(C(C)C)c3-c3n[nH]c(=O)o3)C3CCCN3C4=O)sc12. The van der Waals surface area contributed by atoms with E-state index in [1.54, 1.807) is 18.4 Å². The van der Waals surface area contributed by atoms with E-state index in [4.69, 9.17) is 19.1 Å². The van der Waals surface area contributed by atoms with Crippen molar-refractivity contribution in [2.75, 3.05) is 19.0 Å². The van der Waals surface area contributed by atoms with Crippen LogP contribution in [0, 0.1) is 0 Å². The number of thiophene rings is 1. The van der Waals surface area contributed by atoms with Crippen LogP contribution in [-0.4, -0.2) is 44.6 Å². The number of nitrogens with one attached hydrogen (secondary N) is 2. The number of rotatable bonds is 6. The Morgan fingerprint density at radius 3 is 2.84 bits per heavy atom. The van der Waals surface area contributed by atoms with Gasteiger partial charge in [0, 0.05) is 23.2 Å². The first-order valence-corrected chi connectivity index (χ1v) is 15.5. The molecule has 1 aliphatic carbocycles. The molecular formula is C32H30N6O4S. The summed E-state index contributed by atoms with van der Waals surface area (Å²) in [7, 11) is 1.71. The highest BCUT2D eigenvalue weighted by atomic mass is 32.1. The molecule has 11 heteroatoms. The number of aromatic nitrogens is 4. The van der Waals surface area contributed by atoms with Crippen molar-refractivity contribution in [3.8, 4) is 27.6 Å². The topological polar surface area (TPSA) is 126 Å². The van der Waals surface area contributed by atoms with Crippen LogP contribution < -0.4 is 15.8 Å². The van der Waals surface area contributed by atoms with Crippen LogP contribution in [0.2, 0.25) is 0 Å². The fraction of sp³-hybridized carbons (Fsp3) is 0.344. The van der Waals surface area contributed by atoms with Gasteiger partial charge >= 0.3 is 5.76 Å². The van der Waals surface area contributed by atoms with Crippen LogP contribution in [0.25, 0.3) is 32.0 Å². The molecule has 1 amide bonds. The summed E-state index contributed by atoms with van der Waals surface area (Å²) in [5.41, 5.74) is 5.94. The van der Waals surface area contributed by atoms with E-state index in [1.165, 1.54) is 11.1 Å². The smallest absolute Gasteiger partial charge is 0.434 e. The minimum Gasteiger partial charge on any atom is -0.496 e. The predicted octanol–water partition coefficient (Wildman–Crippen LogP) is 6.22. The second kappa shape index (κ2) is 9.77. The molecule has 1 aromatic carbocycles. The Balaban J connectivity index is 1.32. The van der Waals surface area contributed by atoms with Gasteiger partial charge in [-0.25, -0.2) is 14.9 Å². The van der Waals surface area contributed by atoms with Gasteiger partial charge in [0.25, 0.3) is 11.8 Å². The summed E-state index contributed by atoms with van der Waals surface area (Å²) >= 11 is 1.58. The molecule has 2 atom stereocenters. The molecule has 0 radical (unpaired) electrons. The lowest BCUT2D eigenvalue weighted by atomic mass is 9.91. The normalized spacial score (nSPS) is 18.9. The Morgan fingerprint density at radius 2 is 2.05 bits per heavy atom. The monoisotopic (exact) mass is 594 g/mol. The van der Waals surface area contributed by atoms with Gasteiger partial charge in [-0.05, 0) is 66.3 Å². The van der Waals surface area contributed by atoms with Crippen LogP contribution in [0.4, 0.5) is 5.82 Å². The second-order valence-corrected chi connectivity index (χ2v) is 12.7. The van der Waals surface area contributed by atoms with Crippen LogP contribution >= 0.6 is 11.3 Å². The molecule has 10 nitrogen and oxygen atoms in total. The Bertz CT molecular complexity index is 1990. The zero-order valence-electron chi connectivity index (χ0n) is 24.1. The van der Waals surface area contributed by atoms with E-state index in [0.29, 0.717) is 17.7 Å². The minimum atomic E-state index is -0.649. The van der Waals surface area contributed by atoms with Crippen LogP contribution in [-0.2, 0) is 6.42 Å². The number of pyridine rings is 2. The first-order valence-electron chi connectivity index (χ1n) is 14.7. The third-order valence-corrected chi connectivity index (χ3v) is 10.1. The summed E-state index contributed by atoms with van der Waals surface area (Å²) in [6.45, 7) is 4.82. The maximum atomic E-state index is 14.0. The fourth-order valence-corrected chi connectivity index (χ4v) is 8.22. The van der Waals surface area contributed by atoms with Crippen LogP contribution in [0.1, 0.15) is 84.0 Å². The van der Waals surface area contributed by atoms with E-state index in [-0.39, 0.29) is 29.8 Å². The molecule has 1 unspecified atom stereocenters. The molecule has 0 spiro atoms. The Hall–Kier alpha value is -4.51. The number of aromatic amines is 1. The highest BCUT2D eigenvalue weighted by Gasteiger charge is 2.45. The number of carbonyl (C=O) groups is 1. The maximum Gasteiger partial charge on any atom is 0.434 e. The molecule has 0 saturated carbocycles. The van der Waals surface area contributed by atoms with E-state index in [0.717, 1.165) is 69.2 Å². The van der Waals surface area contributed by atoms with Crippen molar-refractivity contribution in [1.29, 1.82) is 0 Å². The fourth-order valence-electron chi connectivity index (χ4n) is 7.05. The lowest BCUT2D eigenvalue weighted by Crippen LogP contribution is -2.22. The average Bonchev–Trinajstić information content (AvgIpc) is 3.83. The second-order valence-electron chi connectivity index (χ2n) is 11.7. The van der Waals surface area contributed by atoms with Gasteiger partial charge in [-0.1, -0.05) is 26.0 Å². The van der Waals surface area contributed by atoms with E-state index in [1.807, 2.05) is 29.3 Å². The van der Waals surface area contributed by atoms with Crippen molar-refractivity contribution in [1.82, 2.24) is 25.1 Å². The number of ether oxygens (including phenoxy) is 1. The molecule has 2 aliphatic heterocycles. The molecule has 8 rings (SSSR count). The standard InChI is InChI=1S/C32H30N6O4S/c1-15(2)26-24(30-36-37-32(40)42-30)23(25-27(35-26)20-7-5-13-38(20)31(25)39)22-14-16-11-12-33-29(28(16)43-22)34-19-10-9-18-17(19)6-4-8-21(18)41-3/h4,6,8,11-12,14-15,19-20H,5,7,9-10,13H2,1-3H3,(H,33,34)(H,37,40)/t19-,20?/m1/s1. The molecule has 1 fully saturated rings. The van der Waals surface area contributed by atoms with Gasteiger partial charge < -0.3 is 19.4 Å². The Labute approximate surface area is 251 Å². The zero-order valence-corrected chi connectivity index (χ0v) is 24.9. The molecular weight excluding hydrogens is 564 g/mol. The van der Waals surface area contributed by atoms with Crippen molar-refractivity contribution in [2.24, 2.45) is 0 Å². The lowest BCUT2D eigenvalue weighted by Gasteiger charge is -2.17. The molecule has 218 valence electrons. The van der Waals surface area contributed by atoms with Crippen molar-refractivity contribution in [3.63, 3.8) is 0 Å². The van der Waals surface area contributed by atoms with Gasteiger partial charge in [-0.15, -0.1) is 16.4 Å². The van der Waals surface area contributed by atoms with E-state index < -0.39 is 5.76 Å². The van der Waals surface area contributed by atoms with E-state index in [2.05, 4.69) is 41.5 Å². The van der Waals surface area contributed by atoms with Crippen LogP contribution in [0.5, 0.6) is 5.75 Å². The molecule has 1 saturated heterocycles. The number of amides is 1. The van der Waals surface area contributed by atoms with Crippen molar-refractivity contribution in [2.45, 2.75) is 57.5 Å². The number of fused-ring (bicyclic) bond motifs is 5. The number of anilines is 1. The summed E-state index contributed by atoms with van der Waals surface area (Å²) < 4.78 is 12.1. The molecule has 43 heavy (non-hydrogen) atoms. The van der Waals surface area contributed by atoms with Gasteiger partial charge in [0.1, 0.15) is 11.6 Å². The van der Waals surface area contributed by atoms with Crippen LogP contribution in [0.3, 0.4) is 0 Å². The van der Waals surface area contributed by atoms with E-state index in [9.17, 15) is 9.59 Å². The first kappa shape index (κ1) is 26.1. The Morgan fingerprint density at radius 1 is 1.16 bits per heavy atom. The first-order chi connectivity index (χ1) is 20.9. The van der Waals surface area contributed by atoms with Crippen molar-refractivity contribution < 1.29 is 13.9 Å². The number of hydrogen-bond acceptors (Lipinski definition) is 9. The van der Waals surface area contributed by atoms with Gasteiger partial charge in [-0.3, -0.25) is 9.78 Å². The van der Waals surface area contributed by atoms with Crippen LogP contribution in [0.15, 0.2) is 45.7 Å². The molecule has 4 aromatic heterocycles. The summed E-state index contributed by atoms with van der Waals surface area (Å²) in [4.78, 5) is 38.7. The zero-order chi connectivity index (χ0) is 29.4. The molecule has 5 aromatic rings. The highest BCUT2D eigenvalue weighted by molar-refractivity contribution is 7.23. The molecule has 6 heterocycles. The largest absolute Gasteiger partial charge is 0.496 e. The number of nitrogens with zero attached hydrogens (tertiary/aromatic N) is 4. The van der Waals surface area contributed by atoms with E-state index >= 15 is 0 Å². The summed E-state index contributed by atoms with van der Waals surface area (Å²) in [5, 5.41) is 11.3. The number of benzene rings is 1. The van der Waals surface area contributed by atoms with Gasteiger partial charge in [-0.2, -0.15) is 0 Å². The predicted molar refractivity (Wildman–Crippen MR) is 164 cm³/mol. The third-order valence-electron chi connectivity index (χ3n) is 8.93. The summed E-state index contributed by atoms with van der Waals surface area (Å²) in [5.74, 6) is 1.18. The lowest BCUT2D eigenvalue weighted by molar-refractivity contribution is 0.0776. The van der Waals surface area contributed by atoms with Crippen molar-refractivity contribution >= 4 is 33.1 Å². The number of H-pyrrole nitrogens is 1. The van der Waals surface area contributed by atoms with Gasteiger partial charge in [0.05, 0.1) is 46.4 Å². The highest BCUT2D eigenvalue weighted by Crippen LogP contribution is 2.51. The number of carbonyl (C=O) groups excluding carboxylic acids is 1. The average molecular weight is 595 g/mol. The minimum absolute atomic E-state index is 0.000643. The third kappa shape index (κ3) is 3.94. The summed E-state index contributed by atoms with van der Waals surface area (Å²) in [6, 6.07) is 10.4. The van der Waals surface area contributed by atoms with Gasteiger partial charge in [0.2, 0.25) is 0 Å². The molecule has 2 N–H and O–H groups in total. The Kier molecular flexibility index (Phi) is 5.94. The molecule has 3 aliphatic rings. The van der Waals surface area contributed by atoms with Crippen molar-refractivity contribution in [3.05, 3.63) is 75.2 Å². The maximum absolute atomic E-state index is 14.0. The number of methoxy groups -OCH3 is 1. The summed E-state index contributed by atoms with van der Waals surface area (Å²) in [6.07, 6.45) is 5.53. The molecule has 0 bridgehead atoms. The quantitative estimate of drug-likeness (QED) is 0.237. The van der Waals surface area contributed by atoms with Gasteiger partial charge in [0.15, 0.2) is 0 Å².